The van der Waals surface area contributed by atoms with E-state index >= 15 is 0 Å². The molecule has 0 amide bonds. The van der Waals surface area contributed by atoms with E-state index < -0.39 is 0 Å². The maximum Gasteiger partial charge on any atom is 0.150 e. The number of aryl methyl sites for hydroxylation is 1. The molecule has 0 N–H and O–H groups in total. The largest absolute Gasteiger partial charge is 0.341 e. The first kappa shape index (κ1) is 10.7. The number of benzene rings is 1. The summed E-state index contributed by atoms with van der Waals surface area (Å²) in [5.74, 6) is 0. The van der Waals surface area contributed by atoms with E-state index in [0.717, 1.165) is 28.6 Å². The van der Waals surface area contributed by atoms with E-state index in [9.17, 15) is 4.79 Å². The van der Waals surface area contributed by atoms with Crippen LogP contribution in [0.1, 0.15) is 21.7 Å². The molecule has 0 saturated carbocycles. The van der Waals surface area contributed by atoms with Gasteiger partial charge in [-0.15, -0.1) is 0 Å². The average Bonchev–Trinajstić information content (AvgIpc) is 2.97. The van der Waals surface area contributed by atoms with Gasteiger partial charge in [0.1, 0.15) is 17.7 Å². The lowest BCUT2D eigenvalue weighted by molar-refractivity contribution is 0.112. The second kappa shape index (κ2) is 4.10. The number of nitrogens with zero attached hydrogens (tertiary/aromatic N) is 3. The Hall–Kier alpha value is -2.43. The highest BCUT2D eigenvalue weighted by Crippen LogP contribution is 2.18. The second-order valence-electron chi connectivity index (χ2n) is 4.18. The fraction of sp³-hybridized carbons (Fsp3) is 0.154. The summed E-state index contributed by atoms with van der Waals surface area (Å²) in [4.78, 5) is 10.8. The average molecular weight is 241 g/mol. The van der Waals surface area contributed by atoms with Gasteiger partial charge in [0.25, 0.3) is 0 Å². The zero-order chi connectivity index (χ0) is 12.5. The van der Waals surface area contributed by atoms with Gasteiger partial charge in [-0.3, -0.25) is 4.79 Å². The first-order chi connectivity index (χ1) is 8.78. The van der Waals surface area contributed by atoms with Gasteiger partial charge in [0.15, 0.2) is 0 Å². The number of carbonyl (C=O) groups excluding carboxylic acids is 1. The molecule has 5 heteroatoms. The van der Waals surface area contributed by atoms with Crippen LogP contribution in [0.15, 0.2) is 35.1 Å². The van der Waals surface area contributed by atoms with Crippen LogP contribution in [0.3, 0.4) is 0 Å². The molecule has 3 rings (SSSR count). The molecule has 0 saturated heterocycles. The van der Waals surface area contributed by atoms with Crippen molar-refractivity contribution < 1.29 is 9.42 Å². The van der Waals surface area contributed by atoms with E-state index in [1.54, 1.807) is 0 Å². The summed E-state index contributed by atoms with van der Waals surface area (Å²) < 4.78 is 6.70. The molecule has 0 atom stereocenters. The molecule has 3 aromatic rings. The van der Waals surface area contributed by atoms with Gasteiger partial charge >= 0.3 is 0 Å². The molecule has 2 aromatic heterocycles. The minimum absolute atomic E-state index is 0.584. The van der Waals surface area contributed by atoms with Crippen LogP contribution in [0.5, 0.6) is 0 Å². The van der Waals surface area contributed by atoms with Crippen LogP contribution in [0.2, 0.25) is 0 Å². The molecule has 0 bridgehead atoms. The van der Waals surface area contributed by atoms with Crippen molar-refractivity contribution in [2.75, 3.05) is 0 Å². The van der Waals surface area contributed by atoms with Gasteiger partial charge < -0.3 is 4.57 Å². The van der Waals surface area contributed by atoms with E-state index in [0.29, 0.717) is 12.1 Å². The molecule has 2 heterocycles. The van der Waals surface area contributed by atoms with Gasteiger partial charge in [0, 0.05) is 17.3 Å². The Morgan fingerprint density at radius 3 is 2.94 bits per heavy atom. The van der Waals surface area contributed by atoms with Crippen molar-refractivity contribution in [1.82, 2.24) is 14.9 Å². The highest BCUT2D eigenvalue weighted by Gasteiger charge is 2.08. The first-order valence-corrected chi connectivity index (χ1v) is 5.60. The summed E-state index contributed by atoms with van der Waals surface area (Å²) in [7, 11) is 0. The van der Waals surface area contributed by atoms with Crippen LogP contribution in [0.25, 0.3) is 10.9 Å². The Labute approximate surface area is 103 Å². The maximum atomic E-state index is 10.8. The minimum Gasteiger partial charge on any atom is -0.341 e. The van der Waals surface area contributed by atoms with Crippen LogP contribution < -0.4 is 0 Å². The first-order valence-electron chi connectivity index (χ1n) is 5.60. The quantitative estimate of drug-likeness (QED) is 0.659. The summed E-state index contributed by atoms with van der Waals surface area (Å²) in [5, 5.41) is 8.71. The number of hydrogen-bond acceptors (Lipinski definition) is 4. The Balaban J connectivity index is 2.06. The molecule has 18 heavy (non-hydrogen) atoms. The normalized spacial score (nSPS) is 10.9. The number of carbonyl (C=O) groups is 1. The topological polar surface area (TPSA) is 60.9 Å². The molecule has 0 aliphatic heterocycles. The summed E-state index contributed by atoms with van der Waals surface area (Å²) in [6, 6.07) is 7.62. The summed E-state index contributed by atoms with van der Waals surface area (Å²) in [6.45, 7) is 2.44. The third kappa shape index (κ3) is 1.69. The van der Waals surface area contributed by atoms with Crippen LogP contribution in [0, 0.1) is 6.92 Å². The monoisotopic (exact) mass is 241 g/mol. The molecule has 0 spiro atoms. The molecule has 0 aliphatic carbocycles. The maximum absolute atomic E-state index is 10.8. The van der Waals surface area contributed by atoms with Gasteiger partial charge in [-0.05, 0) is 24.4 Å². The third-order valence-corrected chi connectivity index (χ3v) is 3.00. The van der Waals surface area contributed by atoms with Gasteiger partial charge in [-0.25, -0.2) is 4.63 Å². The molecular weight excluding hydrogens is 230 g/mol. The molecule has 1 aromatic carbocycles. The summed E-state index contributed by atoms with van der Waals surface area (Å²) in [6.07, 6.45) is 2.81. The van der Waals surface area contributed by atoms with Crippen molar-refractivity contribution in [2.24, 2.45) is 0 Å². The second-order valence-corrected chi connectivity index (χ2v) is 4.18. The van der Waals surface area contributed by atoms with Crippen molar-refractivity contribution in [3.63, 3.8) is 0 Å². The highest BCUT2D eigenvalue weighted by atomic mass is 16.6. The zero-order valence-electron chi connectivity index (χ0n) is 9.83. The standard InChI is InChI=1S/C13H11N3O2/c1-9-12(15-18-14-9)7-16-5-4-11-3-2-10(8-17)6-13(11)16/h2-6,8H,7H2,1H3. The lowest BCUT2D eigenvalue weighted by Crippen LogP contribution is -2.00. The molecule has 0 fully saturated rings. The Morgan fingerprint density at radius 2 is 2.22 bits per heavy atom. The SMILES string of the molecule is Cc1nonc1Cn1ccc2ccc(C=O)cc21. The van der Waals surface area contributed by atoms with Crippen LogP contribution in [0.4, 0.5) is 0 Å². The fourth-order valence-electron chi connectivity index (χ4n) is 1.97. The van der Waals surface area contributed by atoms with E-state index in [1.165, 1.54) is 0 Å². The highest BCUT2D eigenvalue weighted by molar-refractivity contribution is 5.87. The smallest absolute Gasteiger partial charge is 0.150 e. The third-order valence-electron chi connectivity index (χ3n) is 3.00. The molecule has 0 radical (unpaired) electrons. The molecule has 0 aliphatic rings. The van der Waals surface area contributed by atoms with E-state index in [-0.39, 0.29) is 0 Å². The van der Waals surface area contributed by atoms with Crippen LogP contribution >= 0.6 is 0 Å². The molecular formula is C13H11N3O2. The lowest BCUT2D eigenvalue weighted by atomic mass is 10.2. The zero-order valence-corrected chi connectivity index (χ0v) is 9.83. The Kier molecular flexibility index (Phi) is 2.44. The number of hydrogen-bond donors (Lipinski definition) is 0. The summed E-state index contributed by atoms with van der Waals surface area (Å²) in [5.41, 5.74) is 3.24. The minimum atomic E-state index is 0.584. The number of aromatic nitrogens is 3. The van der Waals surface area contributed by atoms with Crippen molar-refractivity contribution in [1.29, 1.82) is 0 Å². The van der Waals surface area contributed by atoms with E-state index in [4.69, 9.17) is 0 Å². The van der Waals surface area contributed by atoms with Gasteiger partial charge in [0.05, 0.1) is 6.54 Å². The fourth-order valence-corrected chi connectivity index (χ4v) is 1.97. The van der Waals surface area contributed by atoms with Crippen LogP contribution in [-0.2, 0) is 6.54 Å². The lowest BCUT2D eigenvalue weighted by Gasteiger charge is -2.03. The predicted molar refractivity (Wildman–Crippen MR) is 65.5 cm³/mol. The van der Waals surface area contributed by atoms with Crippen molar-refractivity contribution >= 4 is 17.2 Å². The van der Waals surface area contributed by atoms with Gasteiger partial charge in [0.2, 0.25) is 0 Å². The Morgan fingerprint density at radius 1 is 1.33 bits per heavy atom. The predicted octanol–water partition coefficient (Wildman–Crippen LogP) is 2.19. The molecule has 90 valence electrons. The number of aldehydes is 1. The molecule has 5 nitrogen and oxygen atoms in total. The molecule has 0 unspecified atom stereocenters. The van der Waals surface area contributed by atoms with Gasteiger partial charge in [-0.2, -0.15) is 0 Å². The van der Waals surface area contributed by atoms with E-state index in [2.05, 4.69) is 14.9 Å². The van der Waals surface area contributed by atoms with Crippen molar-refractivity contribution in [2.45, 2.75) is 13.5 Å². The van der Waals surface area contributed by atoms with E-state index in [1.807, 2.05) is 42.0 Å². The number of rotatable bonds is 3. The van der Waals surface area contributed by atoms with Gasteiger partial charge in [-0.1, -0.05) is 22.4 Å². The number of fused-ring (bicyclic) bond motifs is 1. The summed E-state index contributed by atoms with van der Waals surface area (Å²) >= 11 is 0. The Bertz CT molecular complexity index is 712. The van der Waals surface area contributed by atoms with Crippen molar-refractivity contribution in [3.05, 3.63) is 47.4 Å². The van der Waals surface area contributed by atoms with Crippen molar-refractivity contribution in [3.8, 4) is 0 Å². The van der Waals surface area contributed by atoms with Crippen LogP contribution in [-0.4, -0.2) is 21.2 Å².